The molecule has 1 aromatic heterocycles. The third-order valence-electron chi connectivity index (χ3n) is 5.16. The average molecular weight is 513 g/mol. The maximum atomic E-state index is 14.6. The molecule has 1 aliphatic rings. The first kappa shape index (κ1) is 24.0. The molecular weight excluding hydrogens is 493 g/mol. The van der Waals surface area contributed by atoms with Crippen molar-refractivity contribution >= 4 is 38.2 Å². The summed E-state index contributed by atoms with van der Waals surface area (Å²) < 4.78 is 70.7. The van der Waals surface area contributed by atoms with Gasteiger partial charge >= 0.3 is 6.03 Å². The number of carbonyl (C=O) groups is 1. The van der Waals surface area contributed by atoms with E-state index in [2.05, 4.69) is 4.98 Å². The Bertz CT molecular complexity index is 1360. The molecule has 3 aromatic rings. The molecule has 2 heterocycles. The predicted octanol–water partition coefficient (Wildman–Crippen LogP) is 3.84. The number of anilines is 2. The van der Waals surface area contributed by atoms with Gasteiger partial charge in [-0.05, 0) is 30.7 Å². The lowest BCUT2D eigenvalue weighted by molar-refractivity contribution is 0.236. The Morgan fingerprint density at radius 2 is 1.79 bits per heavy atom. The Labute approximate surface area is 197 Å². The second kappa shape index (κ2) is 8.89. The molecule has 13 heteroatoms. The first-order valence-electron chi connectivity index (χ1n) is 9.86. The third kappa shape index (κ3) is 4.45. The zero-order chi connectivity index (χ0) is 24.8. The highest BCUT2D eigenvalue weighted by Gasteiger charge is 2.36. The first-order chi connectivity index (χ1) is 16.0. The van der Waals surface area contributed by atoms with Gasteiger partial charge in [0.25, 0.3) is 0 Å². The van der Waals surface area contributed by atoms with Crippen molar-refractivity contribution in [2.75, 3.05) is 30.0 Å². The molecule has 2 aromatic carbocycles. The van der Waals surface area contributed by atoms with Gasteiger partial charge in [-0.3, -0.25) is 9.80 Å². The van der Waals surface area contributed by atoms with Gasteiger partial charge in [-0.1, -0.05) is 23.5 Å². The van der Waals surface area contributed by atoms with Gasteiger partial charge in [-0.2, -0.15) is 0 Å². The number of carbonyl (C=O) groups excluding carboxylic acids is 1. The summed E-state index contributed by atoms with van der Waals surface area (Å²) in [5, 5.41) is 5.19. The topological polar surface area (TPSA) is 106 Å². The van der Waals surface area contributed by atoms with Crippen molar-refractivity contribution in [1.82, 2.24) is 4.98 Å². The van der Waals surface area contributed by atoms with Crippen molar-refractivity contribution in [3.8, 4) is 16.9 Å². The van der Waals surface area contributed by atoms with Gasteiger partial charge in [0.05, 0.1) is 25.9 Å². The van der Waals surface area contributed by atoms with Gasteiger partial charge in [-0.25, -0.2) is 36.5 Å². The molecule has 0 aliphatic carbocycles. The monoisotopic (exact) mass is 512 g/mol. The van der Waals surface area contributed by atoms with E-state index in [1.807, 2.05) is 0 Å². The summed E-state index contributed by atoms with van der Waals surface area (Å²) in [6.45, 7) is 0.893. The van der Waals surface area contributed by atoms with Crippen LogP contribution >= 0.6 is 11.3 Å². The number of hydrogen-bond donors (Lipinski definition) is 1. The van der Waals surface area contributed by atoms with Crippen molar-refractivity contribution in [3.05, 3.63) is 53.7 Å². The number of alkyl halides is 1. The van der Waals surface area contributed by atoms with Crippen LogP contribution in [-0.2, 0) is 10.0 Å². The molecule has 34 heavy (non-hydrogen) atoms. The van der Waals surface area contributed by atoms with Crippen molar-refractivity contribution in [1.29, 1.82) is 0 Å². The minimum Gasteiger partial charge on any atom is -0.493 e. The molecule has 0 saturated carbocycles. The number of ether oxygens (including phenoxy) is 1. The minimum absolute atomic E-state index is 0.00969. The molecule has 180 valence electrons. The molecule has 1 fully saturated rings. The quantitative estimate of drug-likeness (QED) is 0.559. The van der Waals surface area contributed by atoms with Crippen LogP contribution in [0.1, 0.15) is 5.69 Å². The molecular formula is C21H19F3N4O4S2. The summed E-state index contributed by atoms with van der Waals surface area (Å²) in [5.41, 5.74) is 1.04. The largest absolute Gasteiger partial charge is 0.493 e. The zero-order valence-corrected chi connectivity index (χ0v) is 19.6. The summed E-state index contributed by atoms with van der Waals surface area (Å²) in [6, 6.07) is 7.29. The van der Waals surface area contributed by atoms with Crippen LogP contribution in [0.15, 0.2) is 40.6 Å². The summed E-state index contributed by atoms with van der Waals surface area (Å²) in [4.78, 5) is 19.5. The Balaban J connectivity index is 1.66. The van der Waals surface area contributed by atoms with Gasteiger partial charge in [0.15, 0.2) is 20.9 Å². The Hall–Kier alpha value is -3.16. The molecule has 0 radical (unpaired) electrons. The Morgan fingerprint density at radius 3 is 2.38 bits per heavy atom. The average Bonchev–Trinajstić information content (AvgIpc) is 3.17. The number of methoxy groups -OCH3 is 1. The van der Waals surface area contributed by atoms with Crippen LogP contribution in [0.25, 0.3) is 11.1 Å². The van der Waals surface area contributed by atoms with E-state index < -0.39 is 33.9 Å². The fraction of sp³-hybridized carbons (Fsp3) is 0.238. The molecule has 2 N–H and O–H groups in total. The zero-order valence-electron chi connectivity index (χ0n) is 18.0. The number of sulfonamides is 1. The van der Waals surface area contributed by atoms with Crippen LogP contribution in [0.3, 0.4) is 0 Å². The number of nitrogens with zero attached hydrogens (tertiary/aromatic N) is 3. The van der Waals surface area contributed by atoms with Crippen LogP contribution in [-0.4, -0.2) is 45.8 Å². The molecule has 4 rings (SSSR count). The predicted molar refractivity (Wildman–Crippen MR) is 122 cm³/mol. The summed E-state index contributed by atoms with van der Waals surface area (Å²) >= 11 is 0.685. The standard InChI is InChI=1S/C21H19F3N4O4S2/c1-11-19(34(25,30)31)33-20(26-11)28-10-14(23)9-27(21(28)29)15-5-3-12(4-6-15)16-7-13(22)8-17(24)18(16)32-2/h3-8,14H,9-10H2,1-2H3,(H2,25,30,31). The van der Waals surface area contributed by atoms with E-state index in [-0.39, 0.29) is 39.4 Å². The third-order valence-corrected chi connectivity index (χ3v) is 7.89. The first-order valence-corrected chi connectivity index (χ1v) is 12.2. The number of nitrogens with two attached hydrogens (primary N) is 1. The van der Waals surface area contributed by atoms with Crippen molar-refractivity contribution in [3.63, 3.8) is 0 Å². The highest BCUT2D eigenvalue weighted by Crippen LogP contribution is 2.36. The van der Waals surface area contributed by atoms with E-state index >= 15 is 0 Å². The van der Waals surface area contributed by atoms with Crippen LogP contribution < -0.4 is 19.7 Å². The molecule has 0 spiro atoms. The van der Waals surface area contributed by atoms with Gasteiger partial charge in [0.1, 0.15) is 12.0 Å². The second-order valence-electron chi connectivity index (χ2n) is 7.53. The van der Waals surface area contributed by atoms with E-state index in [9.17, 15) is 26.4 Å². The highest BCUT2D eigenvalue weighted by molar-refractivity contribution is 7.91. The molecule has 8 nitrogen and oxygen atoms in total. The number of aryl methyl sites for hydroxylation is 1. The summed E-state index contributed by atoms with van der Waals surface area (Å²) in [5.74, 6) is -1.78. The lowest BCUT2D eigenvalue weighted by atomic mass is 10.0. The number of thiazole rings is 1. The smallest absolute Gasteiger partial charge is 0.330 e. The van der Waals surface area contributed by atoms with Crippen LogP contribution in [0.2, 0.25) is 0 Å². The highest BCUT2D eigenvalue weighted by atomic mass is 32.2. The van der Waals surface area contributed by atoms with Crippen LogP contribution in [0.5, 0.6) is 5.75 Å². The number of halogens is 3. The summed E-state index contributed by atoms with van der Waals surface area (Å²) in [7, 11) is -2.78. The van der Waals surface area contributed by atoms with E-state index in [0.717, 1.165) is 11.0 Å². The maximum absolute atomic E-state index is 14.6. The van der Waals surface area contributed by atoms with Gasteiger partial charge in [0.2, 0.25) is 10.0 Å². The number of benzene rings is 2. The number of aromatic nitrogens is 1. The SMILES string of the molecule is COc1c(F)cc(F)cc1-c1ccc(N2CC(F)CN(c3nc(C)c(S(N)(=O)=O)s3)C2=O)cc1. The second-order valence-corrected chi connectivity index (χ2v) is 10.3. The van der Waals surface area contributed by atoms with Gasteiger partial charge in [0, 0.05) is 17.3 Å². The van der Waals surface area contributed by atoms with E-state index in [4.69, 9.17) is 9.88 Å². The van der Waals surface area contributed by atoms with Gasteiger partial charge in [-0.15, -0.1) is 0 Å². The fourth-order valence-corrected chi connectivity index (χ4v) is 5.63. The van der Waals surface area contributed by atoms with Crippen molar-refractivity contribution in [2.45, 2.75) is 17.3 Å². The van der Waals surface area contributed by atoms with Crippen molar-refractivity contribution in [2.24, 2.45) is 5.14 Å². The molecule has 0 bridgehead atoms. The maximum Gasteiger partial charge on any atom is 0.330 e. The van der Waals surface area contributed by atoms with E-state index in [1.54, 1.807) is 0 Å². The number of primary sulfonamides is 1. The number of rotatable bonds is 5. The lowest BCUT2D eigenvalue weighted by Crippen LogP contribution is -2.55. The normalized spacial score (nSPS) is 16.8. The molecule has 2 amide bonds. The minimum atomic E-state index is -4.04. The van der Waals surface area contributed by atoms with Crippen LogP contribution in [0, 0.1) is 18.6 Å². The number of hydrogen-bond acceptors (Lipinski definition) is 6. The van der Waals surface area contributed by atoms with E-state index in [1.165, 1.54) is 43.2 Å². The fourth-order valence-electron chi connectivity index (χ4n) is 3.68. The Kier molecular flexibility index (Phi) is 6.27. The summed E-state index contributed by atoms with van der Waals surface area (Å²) in [6.07, 6.45) is -1.45. The number of urea groups is 1. The lowest BCUT2D eigenvalue weighted by Gasteiger charge is -2.36. The molecule has 1 saturated heterocycles. The molecule has 1 unspecified atom stereocenters. The van der Waals surface area contributed by atoms with Crippen LogP contribution in [0.4, 0.5) is 28.8 Å². The molecule has 1 aliphatic heterocycles. The van der Waals surface area contributed by atoms with E-state index in [0.29, 0.717) is 28.7 Å². The molecule has 1 atom stereocenters. The van der Waals surface area contributed by atoms with Gasteiger partial charge < -0.3 is 4.74 Å². The Morgan fingerprint density at radius 1 is 1.15 bits per heavy atom. The van der Waals surface area contributed by atoms with Crippen molar-refractivity contribution < 1.29 is 31.1 Å². The number of amides is 2.